The molecule has 2 heterocycles. The highest BCUT2D eigenvalue weighted by Crippen LogP contribution is 2.29. The van der Waals surface area contributed by atoms with Gasteiger partial charge in [-0.15, -0.1) is 11.3 Å². The molecular weight excluding hydrogens is 266 g/mol. The van der Waals surface area contributed by atoms with Gasteiger partial charge >= 0.3 is 0 Å². The predicted octanol–water partition coefficient (Wildman–Crippen LogP) is 2.58. The summed E-state index contributed by atoms with van der Waals surface area (Å²) < 4.78 is 6.04. The van der Waals surface area contributed by atoms with Crippen molar-refractivity contribution in [2.75, 3.05) is 0 Å². The minimum atomic E-state index is -0.223. The average Bonchev–Trinajstić information content (AvgIpc) is 2.70. The van der Waals surface area contributed by atoms with Gasteiger partial charge in [-0.3, -0.25) is 0 Å². The molecule has 0 aliphatic heterocycles. The molecule has 0 aliphatic carbocycles. The van der Waals surface area contributed by atoms with Crippen LogP contribution in [0.25, 0.3) is 10.7 Å². The van der Waals surface area contributed by atoms with E-state index in [2.05, 4.69) is 26.1 Å². The molecule has 2 aromatic rings. The van der Waals surface area contributed by atoms with Gasteiger partial charge in [0.2, 0.25) is 11.7 Å². The molecule has 2 rings (SSSR count). The van der Waals surface area contributed by atoms with Crippen LogP contribution in [-0.4, -0.2) is 10.1 Å². The second-order valence-electron chi connectivity index (χ2n) is 2.85. The fraction of sp³-hybridized carbons (Fsp3) is 0.250. The Hall–Kier alpha value is -0.720. The van der Waals surface area contributed by atoms with E-state index in [0.717, 1.165) is 8.66 Å². The van der Waals surface area contributed by atoms with Crippen LogP contribution in [0.3, 0.4) is 0 Å². The Labute approximate surface area is 93.3 Å². The Morgan fingerprint density at radius 2 is 2.36 bits per heavy atom. The van der Waals surface area contributed by atoms with Crippen LogP contribution in [0.1, 0.15) is 18.9 Å². The molecule has 0 aromatic carbocycles. The molecule has 0 amide bonds. The molecule has 0 fully saturated rings. The molecule has 2 aromatic heterocycles. The Morgan fingerprint density at radius 1 is 1.57 bits per heavy atom. The number of nitrogens with two attached hydrogens (primary N) is 1. The number of hydrogen-bond donors (Lipinski definition) is 1. The van der Waals surface area contributed by atoms with Crippen molar-refractivity contribution in [3.05, 3.63) is 21.8 Å². The molecule has 2 N–H and O–H groups in total. The second kappa shape index (κ2) is 3.80. The van der Waals surface area contributed by atoms with Crippen LogP contribution in [0.4, 0.5) is 0 Å². The van der Waals surface area contributed by atoms with Crippen LogP contribution >= 0.6 is 27.3 Å². The lowest BCUT2D eigenvalue weighted by Crippen LogP contribution is -2.04. The number of rotatable bonds is 2. The first-order chi connectivity index (χ1) is 6.66. The first-order valence-electron chi connectivity index (χ1n) is 4.01. The summed E-state index contributed by atoms with van der Waals surface area (Å²) in [6.45, 7) is 1.81. The van der Waals surface area contributed by atoms with E-state index in [0.29, 0.717) is 11.7 Å². The molecule has 0 aliphatic rings. The maximum absolute atomic E-state index is 5.61. The summed E-state index contributed by atoms with van der Waals surface area (Å²) in [5, 5.41) is 3.84. The average molecular weight is 274 g/mol. The van der Waals surface area contributed by atoms with Crippen molar-refractivity contribution in [2.45, 2.75) is 13.0 Å². The minimum Gasteiger partial charge on any atom is -0.337 e. The van der Waals surface area contributed by atoms with Gasteiger partial charge in [0, 0.05) is 0 Å². The fourth-order valence-corrected chi connectivity index (χ4v) is 2.27. The molecule has 74 valence electrons. The molecule has 4 nitrogen and oxygen atoms in total. The molecule has 0 saturated carbocycles. The van der Waals surface area contributed by atoms with E-state index >= 15 is 0 Å². The second-order valence-corrected chi connectivity index (χ2v) is 5.31. The summed E-state index contributed by atoms with van der Waals surface area (Å²) in [5.74, 6) is 1.05. The predicted molar refractivity (Wildman–Crippen MR) is 57.9 cm³/mol. The van der Waals surface area contributed by atoms with Gasteiger partial charge in [0.15, 0.2) is 0 Å². The van der Waals surface area contributed by atoms with Crippen molar-refractivity contribution in [1.82, 2.24) is 10.1 Å². The van der Waals surface area contributed by atoms with Crippen LogP contribution in [0.15, 0.2) is 20.4 Å². The third kappa shape index (κ3) is 1.87. The highest BCUT2D eigenvalue weighted by molar-refractivity contribution is 9.11. The van der Waals surface area contributed by atoms with E-state index in [1.807, 2.05) is 19.1 Å². The highest BCUT2D eigenvalue weighted by Gasteiger charge is 2.12. The quantitative estimate of drug-likeness (QED) is 0.914. The van der Waals surface area contributed by atoms with Crippen molar-refractivity contribution in [1.29, 1.82) is 0 Å². The maximum Gasteiger partial charge on any atom is 0.243 e. The van der Waals surface area contributed by atoms with Gasteiger partial charge in [0.05, 0.1) is 14.7 Å². The standard InChI is InChI=1S/C8H8BrN3OS/c1-4(10)8-11-7(12-13-8)5-2-3-6(9)14-5/h2-4H,10H2,1H3. The maximum atomic E-state index is 5.61. The Bertz CT molecular complexity index is 437. The van der Waals surface area contributed by atoms with E-state index < -0.39 is 0 Å². The van der Waals surface area contributed by atoms with Gasteiger partial charge in [0.1, 0.15) is 0 Å². The normalized spacial score (nSPS) is 13.1. The number of nitrogens with zero attached hydrogens (tertiary/aromatic N) is 2. The summed E-state index contributed by atoms with van der Waals surface area (Å²) in [6, 6.07) is 3.66. The Balaban J connectivity index is 2.33. The molecular formula is C8H8BrN3OS. The van der Waals surface area contributed by atoms with Gasteiger partial charge in [-0.1, -0.05) is 5.16 Å². The van der Waals surface area contributed by atoms with Crippen LogP contribution in [0, 0.1) is 0 Å². The van der Waals surface area contributed by atoms with Gasteiger partial charge in [-0.25, -0.2) is 0 Å². The van der Waals surface area contributed by atoms with Crippen molar-refractivity contribution >= 4 is 27.3 Å². The van der Waals surface area contributed by atoms with E-state index in [1.165, 1.54) is 0 Å². The number of halogens is 1. The zero-order valence-corrected chi connectivity index (χ0v) is 9.80. The molecule has 6 heteroatoms. The third-order valence-corrected chi connectivity index (χ3v) is 3.24. The molecule has 0 radical (unpaired) electrons. The van der Waals surface area contributed by atoms with Gasteiger partial charge < -0.3 is 10.3 Å². The third-order valence-electron chi connectivity index (χ3n) is 1.62. The first kappa shape index (κ1) is 9.82. The van der Waals surface area contributed by atoms with Gasteiger partial charge in [-0.05, 0) is 35.0 Å². The largest absolute Gasteiger partial charge is 0.337 e. The van der Waals surface area contributed by atoms with Crippen LogP contribution in [-0.2, 0) is 0 Å². The van der Waals surface area contributed by atoms with Crippen molar-refractivity contribution in [2.24, 2.45) is 5.73 Å². The first-order valence-corrected chi connectivity index (χ1v) is 5.62. The van der Waals surface area contributed by atoms with Crippen molar-refractivity contribution in [3.8, 4) is 10.7 Å². The molecule has 1 unspecified atom stereocenters. The molecule has 0 saturated heterocycles. The van der Waals surface area contributed by atoms with E-state index in [-0.39, 0.29) is 6.04 Å². The lowest BCUT2D eigenvalue weighted by Gasteiger charge is -1.92. The number of thiophene rings is 1. The fourth-order valence-electron chi connectivity index (χ4n) is 0.955. The van der Waals surface area contributed by atoms with Gasteiger partial charge in [0.25, 0.3) is 0 Å². The lowest BCUT2D eigenvalue weighted by molar-refractivity contribution is 0.362. The summed E-state index contributed by atoms with van der Waals surface area (Å²) in [4.78, 5) is 5.15. The van der Waals surface area contributed by atoms with E-state index in [1.54, 1.807) is 11.3 Å². The monoisotopic (exact) mass is 273 g/mol. The van der Waals surface area contributed by atoms with Crippen LogP contribution in [0.2, 0.25) is 0 Å². The lowest BCUT2D eigenvalue weighted by atomic mass is 10.4. The zero-order chi connectivity index (χ0) is 10.1. The number of hydrogen-bond acceptors (Lipinski definition) is 5. The summed E-state index contributed by atoms with van der Waals surface area (Å²) >= 11 is 4.93. The molecule has 0 spiro atoms. The Morgan fingerprint density at radius 3 is 2.86 bits per heavy atom. The molecule has 14 heavy (non-hydrogen) atoms. The van der Waals surface area contributed by atoms with Gasteiger partial charge in [-0.2, -0.15) is 4.98 Å². The van der Waals surface area contributed by atoms with Crippen LogP contribution in [0.5, 0.6) is 0 Å². The van der Waals surface area contributed by atoms with Crippen molar-refractivity contribution in [3.63, 3.8) is 0 Å². The van der Waals surface area contributed by atoms with Crippen molar-refractivity contribution < 1.29 is 4.52 Å². The minimum absolute atomic E-state index is 0.223. The van der Waals surface area contributed by atoms with E-state index in [9.17, 15) is 0 Å². The number of aromatic nitrogens is 2. The summed E-state index contributed by atoms with van der Waals surface area (Å²) in [7, 11) is 0. The smallest absolute Gasteiger partial charge is 0.243 e. The van der Waals surface area contributed by atoms with Crippen LogP contribution < -0.4 is 5.73 Å². The SMILES string of the molecule is CC(N)c1nc(-c2ccc(Br)s2)no1. The zero-order valence-electron chi connectivity index (χ0n) is 7.40. The highest BCUT2D eigenvalue weighted by atomic mass is 79.9. The Kier molecular flexibility index (Phi) is 2.66. The summed E-state index contributed by atoms with van der Waals surface area (Å²) in [6.07, 6.45) is 0. The molecule has 1 atom stereocenters. The molecule has 0 bridgehead atoms. The topological polar surface area (TPSA) is 64.9 Å². The summed E-state index contributed by atoms with van der Waals surface area (Å²) in [5.41, 5.74) is 5.61. The van der Waals surface area contributed by atoms with E-state index in [4.69, 9.17) is 10.3 Å².